The Bertz CT molecular complexity index is 1380. The molecule has 1 saturated carbocycles. The Labute approximate surface area is 288 Å². The minimum Gasteiger partial charge on any atom is -0.0841 e. The summed E-state index contributed by atoms with van der Waals surface area (Å²) in [5, 5.41) is 2.90. The molecule has 1 fully saturated rings. The van der Waals surface area contributed by atoms with Crippen molar-refractivity contribution in [2.45, 2.75) is 183 Å². The van der Waals surface area contributed by atoms with Crippen LogP contribution < -0.4 is 10.6 Å². The minimum atomic E-state index is 0.0534. The van der Waals surface area contributed by atoms with Crippen LogP contribution in [0.2, 0.25) is 0 Å². The highest BCUT2D eigenvalue weighted by Gasteiger charge is 2.30. The summed E-state index contributed by atoms with van der Waals surface area (Å²) in [4.78, 5) is 0. The lowest BCUT2D eigenvalue weighted by atomic mass is 9.75. The maximum absolute atomic E-state index is 4.01. The molecule has 0 unspecified atom stereocenters. The first-order valence-electron chi connectivity index (χ1n) is 17.7. The fourth-order valence-electron chi connectivity index (χ4n) is 6.06. The third kappa shape index (κ3) is 9.49. The van der Waals surface area contributed by atoms with Gasteiger partial charge in [0, 0.05) is 21.8 Å². The quantitative estimate of drug-likeness (QED) is 0.282. The molecule has 3 rings (SSSR count). The number of allylic oxidation sites excluding steroid dienone is 2. The smallest absolute Gasteiger partial charge is 0.0171 e. The van der Waals surface area contributed by atoms with Gasteiger partial charge in [-0.1, -0.05) is 160 Å². The van der Waals surface area contributed by atoms with Gasteiger partial charge in [0.05, 0.1) is 0 Å². The molecule has 252 valence electrons. The van der Waals surface area contributed by atoms with E-state index >= 15 is 0 Å². The van der Waals surface area contributed by atoms with Gasteiger partial charge in [-0.3, -0.25) is 0 Å². The molecule has 0 spiro atoms. The van der Waals surface area contributed by atoms with E-state index in [4.69, 9.17) is 0 Å². The Balaban J connectivity index is 2.38. The van der Waals surface area contributed by atoms with Crippen LogP contribution in [0.4, 0.5) is 0 Å². The third-order valence-corrected chi connectivity index (χ3v) is 11.4. The largest absolute Gasteiger partial charge is 0.0841 e. The molecule has 0 heterocycles. The highest BCUT2D eigenvalue weighted by molar-refractivity contribution is 7.47. The van der Waals surface area contributed by atoms with E-state index in [1.54, 1.807) is 0 Å². The molecule has 0 amide bonds. The lowest BCUT2D eigenvalue weighted by molar-refractivity contribution is 0.553. The van der Waals surface area contributed by atoms with Gasteiger partial charge in [-0.25, -0.2) is 0 Å². The summed E-state index contributed by atoms with van der Waals surface area (Å²) in [5.74, 6) is 0. The van der Waals surface area contributed by atoms with Gasteiger partial charge in [0.15, 0.2) is 0 Å². The van der Waals surface area contributed by atoms with Crippen molar-refractivity contribution < 1.29 is 0 Å². The zero-order valence-electron chi connectivity index (χ0n) is 33.0. The molecule has 0 saturated heterocycles. The van der Waals surface area contributed by atoms with Gasteiger partial charge in [-0.2, -0.15) is 0 Å². The summed E-state index contributed by atoms with van der Waals surface area (Å²) in [7, 11) is 2.38. The van der Waals surface area contributed by atoms with Crippen LogP contribution in [0.3, 0.4) is 0 Å². The third-order valence-electron chi connectivity index (χ3n) is 9.26. The lowest BCUT2D eigenvalue weighted by Crippen LogP contribution is -2.29. The number of hydrogen-bond donors (Lipinski definition) is 0. The summed E-state index contributed by atoms with van der Waals surface area (Å²) in [6.07, 6.45) is 4.67. The van der Waals surface area contributed by atoms with E-state index in [9.17, 15) is 0 Å². The van der Waals surface area contributed by atoms with E-state index in [1.165, 1.54) is 84.4 Å². The summed E-state index contributed by atoms with van der Waals surface area (Å²) in [6.45, 7) is 42.5. The molecule has 0 nitrogen and oxygen atoms in total. The monoisotopic (exact) mass is 656 g/mol. The maximum Gasteiger partial charge on any atom is 0.0171 e. The fraction of sp³-hybridized carbons (Fsp3) is 0.636. The number of rotatable bonds is 2. The average molecular weight is 657 g/mol. The van der Waals surface area contributed by atoms with E-state index in [0.717, 1.165) is 12.8 Å². The second kappa shape index (κ2) is 13.3. The second-order valence-corrected chi connectivity index (χ2v) is 21.7. The minimum absolute atomic E-state index is 0.0534. The van der Waals surface area contributed by atoms with Crippen molar-refractivity contribution in [2.75, 3.05) is 0 Å². The molecule has 46 heavy (non-hydrogen) atoms. The Morgan fingerprint density at radius 1 is 0.391 bits per heavy atom. The molecule has 1 aliphatic rings. The Morgan fingerprint density at radius 2 is 0.630 bits per heavy atom. The molecule has 0 bridgehead atoms. The van der Waals surface area contributed by atoms with E-state index in [-0.39, 0.29) is 32.5 Å². The summed E-state index contributed by atoms with van der Waals surface area (Å²) in [6, 6.07) is 9.98. The molecule has 2 aromatic carbocycles. The summed E-state index contributed by atoms with van der Waals surface area (Å²) in [5.41, 5.74) is 19.9. The molecule has 0 aliphatic heterocycles. The van der Waals surface area contributed by atoms with Crippen molar-refractivity contribution in [1.82, 2.24) is 0 Å². The van der Waals surface area contributed by atoms with Gasteiger partial charge < -0.3 is 0 Å². The molecule has 0 atom stereocenters. The van der Waals surface area contributed by atoms with E-state index < -0.39 is 0 Å². The zero-order chi connectivity index (χ0) is 35.3. The van der Waals surface area contributed by atoms with Gasteiger partial charge in [0.25, 0.3) is 0 Å². The Morgan fingerprint density at radius 3 is 0.826 bits per heavy atom. The van der Waals surface area contributed by atoms with E-state index in [1.807, 2.05) is 0 Å². The van der Waals surface area contributed by atoms with Crippen molar-refractivity contribution >= 4 is 37.9 Å². The predicted octanol–water partition coefficient (Wildman–Crippen LogP) is 12.5. The molecule has 0 radical (unpaired) electrons. The molecule has 2 heteroatoms. The molecule has 0 N–H and O–H groups in total. The van der Waals surface area contributed by atoms with Gasteiger partial charge in [0.1, 0.15) is 0 Å². The molecular formula is C44H66P2. The molecule has 2 aromatic rings. The molecule has 1 aliphatic carbocycles. The highest BCUT2D eigenvalue weighted by atomic mass is 31.1. The Kier molecular flexibility index (Phi) is 11.2. The first-order chi connectivity index (χ1) is 20.6. The van der Waals surface area contributed by atoms with Crippen molar-refractivity contribution in [3.05, 3.63) is 68.8 Å². The SMILES string of the molecule is CC(C)(C)c1cc(C(C)(C)C)c(P=C=C2CCCCC2=C=Pc2c(C(C)(C)C)cc(C(C)(C)C)cc2C(C)(C)C)c(C(C)(C)C)c1. The summed E-state index contributed by atoms with van der Waals surface area (Å²) < 4.78 is 0. The average Bonchev–Trinajstić information content (AvgIpc) is 2.87. The van der Waals surface area contributed by atoms with Crippen LogP contribution in [0, 0.1) is 0 Å². The van der Waals surface area contributed by atoms with Gasteiger partial charge in [-0.15, -0.1) is 0 Å². The predicted molar refractivity (Wildman–Crippen MR) is 214 cm³/mol. The Hall–Kier alpha value is -1.66. The van der Waals surface area contributed by atoms with Gasteiger partial charge >= 0.3 is 0 Å². The van der Waals surface area contributed by atoms with Crippen LogP contribution in [-0.4, -0.2) is 10.9 Å². The highest BCUT2D eigenvalue weighted by Crippen LogP contribution is 2.37. The van der Waals surface area contributed by atoms with Crippen molar-refractivity contribution in [2.24, 2.45) is 0 Å². The van der Waals surface area contributed by atoms with Crippen LogP contribution in [0.5, 0.6) is 0 Å². The number of benzene rings is 2. The van der Waals surface area contributed by atoms with Crippen LogP contribution in [0.15, 0.2) is 35.4 Å². The van der Waals surface area contributed by atoms with Gasteiger partial charge in [-0.05, 0) is 108 Å². The normalized spacial score (nSPS) is 15.8. The zero-order valence-corrected chi connectivity index (χ0v) is 34.8. The molecule has 0 aromatic heterocycles. The van der Waals surface area contributed by atoms with Crippen LogP contribution in [0.1, 0.15) is 184 Å². The standard InChI is InChI=1S/C44H66P2/c1-39(2,3)31-23-33(41(7,8)9)37(34(24-31)42(10,11)12)45-27-29-21-19-20-22-30(29)28-46-38-35(43(13,14)15)25-32(40(4,5)6)26-36(38)44(16,17)18/h23-26H,19-22H2,1-18H3. The maximum atomic E-state index is 4.01. The van der Waals surface area contributed by atoms with Crippen molar-refractivity contribution in [3.8, 4) is 0 Å². The van der Waals surface area contributed by atoms with Crippen molar-refractivity contribution in [1.29, 1.82) is 0 Å². The summed E-state index contributed by atoms with van der Waals surface area (Å²) >= 11 is 0. The topological polar surface area (TPSA) is 0 Å². The van der Waals surface area contributed by atoms with Crippen LogP contribution in [-0.2, 0) is 32.5 Å². The van der Waals surface area contributed by atoms with E-state index in [2.05, 4.69) is 160 Å². The number of hydrogen-bond acceptors (Lipinski definition) is 0. The van der Waals surface area contributed by atoms with Crippen LogP contribution in [0.25, 0.3) is 0 Å². The van der Waals surface area contributed by atoms with E-state index in [0.29, 0.717) is 0 Å². The van der Waals surface area contributed by atoms with Crippen LogP contribution >= 0.6 is 16.4 Å². The lowest BCUT2D eigenvalue weighted by Gasteiger charge is -2.32. The second-order valence-electron chi connectivity index (χ2n) is 20.0. The first-order valence-corrected chi connectivity index (χ1v) is 19.4. The van der Waals surface area contributed by atoms with Gasteiger partial charge in [0.2, 0.25) is 0 Å². The molecular weight excluding hydrogens is 590 g/mol. The fourth-order valence-corrected chi connectivity index (χ4v) is 9.13. The van der Waals surface area contributed by atoms with Crippen molar-refractivity contribution in [3.63, 3.8) is 0 Å². The first kappa shape index (κ1) is 38.8.